The fourth-order valence-electron chi connectivity index (χ4n) is 3.82. The number of benzene rings is 1. The van der Waals surface area contributed by atoms with Gasteiger partial charge in [-0.3, -0.25) is 9.69 Å². The van der Waals surface area contributed by atoms with E-state index >= 15 is 0 Å². The third kappa shape index (κ3) is 5.39. The number of nitrogen functional groups attached to an aromatic ring is 1. The van der Waals surface area contributed by atoms with E-state index in [2.05, 4.69) is 32.3 Å². The summed E-state index contributed by atoms with van der Waals surface area (Å²) in [7, 11) is 0. The molecule has 0 unspecified atom stereocenters. The molecular formula is C20H26N6O5. The molecule has 0 bridgehead atoms. The Kier molecular flexibility index (Phi) is 5.92. The molecule has 3 heterocycles. The number of hydrogen-bond acceptors (Lipinski definition) is 10. The van der Waals surface area contributed by atoms with Gasteiger partial charge in [0.15, 0.2) is 18.2 Å². The van der Waals surface area contributed by atoms with Gasteiger partial charge in [0.05, 0.1) is 6.54 Å². The molecule has 11 nitrogen and oxygen atoms in total. The number of carbonyl (C=O) groups is 1. The maximum Gasteiger partial charge on any atom is 0.320 e. The smallest absolute Gasteiger partial charge is 0.320 e. The van der Waals surface area contributed by atoms with Crippen LogP contribution in [0.5, 0.6) is 6.01 Å². The van der Waals surface area contributed by atoms with Crippen LogP contribution in [0.1, 0.15) is 24.0 Å². The van der Waals surface area contributed by atoms with Crippen molar-refractivity contribution in [2.75, 3.05) is 42.2 Å². The van der Waals surface area contributed by atoms with Crippen LogP contribution in [0.15, 0.2) is 24.3 Å². The standard InChI is InChI=1S/C20H26N6O5/c21-17-16-18(24-19(23-17)31-12-20(28,29)30)26(11-15(27)22-16)10-14-5-3-4-13(8-14)9-25-6-1-2-7-25/h3-5,8,28-30H,1-2,6-7,9-12H2,(H,22,27)(H2,21,23,24). The average Bonchev–Trinajstić information content (AvgIpc) is 3.20. The summed E-state index contributed by atoms with van der Waals surface area (Å²) >= 11 is 0. The molecule has 1 amide bonds. The number of hydrogen-bond donors (Lipinski definition) is 5. The largest absolute Gasteiger partial charge is 0.455 e. The predicted octanol–water partition coefficient (Wildman–Crippen LogP) is -0.377. The van der Waals surface area contributed by atoms with E-state index in [1.54, 1.807) is 4.90 Å². The van der Waals surface area contributed by atoms with Gasteiger partial charge in [0, 0.05) is 13.1 Å². The molecule has 1 fully saturated rings. The van der Waals surface area contributed by atoms with Crippen molar-refractivity contribution in [1.82, 2.24) is 14.9 Å². The second-order valence-electron chi connectivity index (χ2n) is 7.86. The molecule has 0 saturated carbocycles. The Labute approximate surface area is 179 Å². The first-order chi connectivity index (χ1) is 14.8. The maximum absolute atomic E-state index is 12.2. The third-order valence-corrected chi connectivity index (χ3v) is 5.16. The lowest BCUT2D eigenvalue weighted by Gasteiger charge is -2.30. The molecule has 1 aromatic heterocycles. The lowest BCUT2D eigenvalue weighted by atomic mass is 10.1. The summed E-state index contributed by atoms with van der Waals surface area (Å²) in [5, 5.41) is 29.7. The highest BCUT2D eigenvalue weighted by atomic mass is 16.7. The Hall–Kier alpha value is -2.99. The number of aliphatic hydroxyl groups is 3. The van der Waals surface area contributed by atoms with Crippen LogP contribution in [0.4, 0.5) is 17.3 Å². The number of carbonyl (C=O) groups excluding carboxylic acids is 1. The summed E-state index contributed by atoms with van der Waals surface area (Å²) in [6, 6.07) is 7.94. The highest BCUT2D eigenvalue weighted by Crippen LogP contribution is 2.34. The van der Waals surface area contributed by atoms with Crippen LogP contribution in [0.2, 0.25) is 0 Å². The van der Waals surface area contributed by atoms with E-state index in [9.17, 15) is 4.79 Å². The average molecular weight is 430 g/mol. The second-order valence-corrected chi connectivity index (χ2v) is 7.86. The number of anilines is 3. The summed E-state index contributed by atoms with van der Waals surface area (Å²) in [6.07, 6.45) is 2.46. The Bertz CT molecular complexity index is 958. The zero-order valence-corrected chi connectivity index (χ0v) is 17.0. The van der Waals surface area contributed by atoms with Crippen LogP contribution in [-0.4, -0.2) is 68.3 Å². The fourth-order valence-corrected chi connectivity index (χ4v) is 3.82. The molecule has 1 saturated heterocycles. The molecule has 11 heteroatoms. The summed E-state index contributed by atoms with van der Waals surface area (Å²) in [6.45, 7) is 2.72. The number of fused-ring (bicyclic) bond motifs is 1. The third-order valence-electron chi connectivity index (χ3n) is 5.16. The molecule has 6 N–H and O–H groups in total. The molecule has 0 atom stereocenters. The molecular weight excluding hydrogens is 404 g/mol. The number of nitrogens with two attached hydrogens (primary N) is 1. The van der Waals surface area contributed by atoms with Gasteiger partial charge in [0.2, 0.25) is 5.91 Å². The molecule has 2 aliphatic heterocycles. The minimum atomic E-state index is -3.03. The Morgan fingerprint density at radius 2 is 1.84 bits per heavy atom. The number of likely N-dealkylation sites (tertiary alicyclic amines) is 1. The predicted molar refractivity (Wildman–Crippen MR) is 112 cm³/mol. The Morgan fingerprint density at radius 3 is 2.55 bits per heavy atom. The van der Waals surface area contributed by atoms with Crippen molar-refractivity contribution in [3.05, 3.63) is 35.4 Å². The highest BCUT2D eigenvalue weighted by Gasteiger charge is 2.28. The first-order valence-corrected chi connectivity index (χ1v) is 10.1. The van der Waals surface area contributed by atoms with Gasteiger partial charge in [-0.05, 0) is 37.1 Å². The molecule has 4 rings (SSSR count). The summed E-state index contributed by atoms with van der Waals surface area (Å²) in [5.74, 6) is -2.95. The van der Waals surface area contributed by atoms with Crippen molar-refractivity contribution < 1.29 is 24.9 Å². The van der Waals surface area contributed by atoms with Crippen molar-refractivity contribution in [2.45, 2.75) is 31.9 Å². The van der Waals surface area contributed by atoms with Gasteiger partial charge in [-0.25, -0.2) is 0 Å². The number of aromatic nitrogens is 2. The van der Waals surface area contributed by atoms with Crippen LogP contribution >= 0.6 is 0 Å². The minimum absolute atomic E-state index is 0.0275. The van der Waals surface area contributed by atoms with E-state index in [0.29, 0.717) is 12.4 Å². The van der Waals surface area contributed by atoms with Crippen molar-refractivity contribution in [3.63, 3.8) is 0 Å². The molecule has 0 spiro atoms. The van der Waals surface area contributed by atoms with Gasteiger partial charge in [0.1, 0.15) is 5.69 Å². The topological polar surface area (TPSA) is 157 Å². The number of nitrogens with zero attached hydrogens (tertiary/aromatic N) is 4. The lowest BCUT2D eigenvalue weighted by molar-refractivity contribution is -0.323. The first-order valence-electron chi connectivity index (χ1n) is 10.1. The molecule has 1 aromatic carbocycles. The minimum Gasteiger partial charge on any atom is -0.455 e. The van der Waals surface area contributed by atoms with Crippen LogP contribution in [0.3, 0.4) is 0 Å². The number of nitrogens with one attached hydrogen (secondary N) is 1. The van der Waals surface area contributed by atoms with E-state index < -0.39 is 12.6 Å². The zero-order chi connectivity index (χ0) is 22.0. The van der Waals surface area contributed by atoms with Gasteiger partial charge in [0.25, 0.3) is 0 Å². The zero-order valence-electron chi connectivity index (χ0n) is 17.0. The number of amides is 1. The van der Waals surface area contributed by atoms with Crippen LogP contribution in [0.25, 0.3) is 0 Å². The van der Waals surface area contributed by atoms with E-state index in [-0.39, 0.29) is 30.0 Å². The van der Waals surface area contributed by atoms with Crippen molar-refractivity contribution >= 4 is 23.2 Å². The summed E-state index contributed by atoms with van der Waals surface area (Å²) in [5.41, 5.74) is 8.43. The number of ether oxygens (including phenoxy) is 1. The van der Waals surface area contributed by atoms with Gasteiger partial charge in [-0.15, -0.1) is 0 Å². The normalized spacial score (nSPS) is 16.9. The van der Waals surface area contributed by atoms with Gasteiger partial charge in [-0.2, -0.15) is 9.97 Å². The van der Waals surface area contributed by atoms with Crippen LogP contribution < -0.4 is 20.7 Å². The van der Waals surface area contributed by atoms with Crippen LogP contribution in [0, 0.1) is 0 Å². The second kappa shape index (κ2) is 8.63. The Morgan fingerprint density at radius 1 is 1.13 bits per heavy atom. The van der Waals surface area contributed by atoms with Crippen LogP contribution in [-0.2, 0) is 17.9 Å². The molecule has 0 radical (unpaired) electrons. The van der Waals surface area contributed by atoms with E-state index in [0.717, 1.165) is 25.2 Å². The molecule has 2 aliphatic rings. The van der Waals surface area contributed by atoms with Gasteiger partial charge >= 0.3 is 12.0 Å². The van der Waals surface area contributed by atoms with Crippen molar-refractivity contribution in [1.29, 1.82) is 0 Å². The highest BCUT2D eigenvalue weighted by molar-refractivity contribution is 6.03. The fraction of sp³-hybridized carbons (Fsp3) is 0.450. The van der Waals surface area contributed by atoms with E-state index in [1.165, 1.54) is 18.4 Å². The monoisotopic (exact) mass is 430 g/mol. The van der Waals surface area contributed by atoms with E-state index in [1.807, 2.05) is 12.1 Å². The first kappa shape index (κ1) is 21.2. The molecule has 0 aliphatic carbocycles. The van der Waals surface area contributed by atoms with Gasteiger partial charge < -0.3 is 36.0 Å². The summed E-state index contributed by atoms with van der Waals surface area (Å²) < 4.78 is 5.04. The van der Waals surface area contributed by atoms with Crippen molar-refractivity contribution in [3.8, 4) is 6.01 Å². The number of rotatable bonds is 7. The lowest BCUT2D eigenvalue weighted by Crippen LogP contribution is -2.39. The molecule has 2 aromatic rings. The van der Waals surface area contributed by atoms with Gasteiger partial charge in [-0.1, -0.05) is 24.3 Å². The molecule has 166 valence electrons. The van der Waals surface area contributed by atoms with E-state index in [4.69, 9.17) is 25.8 Å². The Balaban J connectivity index is 1.55. The summed E-state index contributed by atoms with van der Waals surface area (Å²) in [4.78, 5) is 24.5. The molecule has 31 heavy (non-hydrogen) atoms. The van der Waals surface area contributed by atoms with Crippen molar-refractivity contribution in [2.24, 2.45) is 0 Å². The maximum atomic E-state index is 12.2. The quantitative estimate of drug-likeness (QED) is 0.367. The SMILES string of the molecule is Nc1nc(OCC(O)(O)O)nc2c1NC(=O)CN2Cc1cccc(CN2CCCC2)c1.